The summed E-state index contributed by atoms with van der Waals surface area (Å²) in [5, 5.41) is 13.3. The lowest BCUT2D eigenvalue weighted by Gasteiger charge is -2.57. The minimum atomic E-state index is -0.393. The molecule has 4 aliphatic carbocycles. The van der Waals surface area contributed by atoms with Gasteiger partial charge in [0.25, 0.3) is 0 Å². The lowest BCUT2D eigenvalue weighted by Crippen LogP contribution is -2.46. The molecule has 4 rings (SSSR count). The topological polar surface area (TPSA) is 41.5 Å². The van der Waals surface area contributed by atoms with Crippen molar-refractivity contribution in [3.63, 3.8) is 0 Å². The van der Waals surface area contributed by atoms with Crippen molar-refractivity contribution in [2.45, 2.75) is 77.4 Å². The van der Waals surface area contributed by atoms with Gasteiger partial charge in [0.1, 0.15) is 0 Å². The summed E-state index contributed by atoms with van der Waals surface area (Å²) < 4.78 is 5.81. The molecule has 0 aromatic heterocycles. The van der Waals surface area contributed by atoms with Gasteiger partial charge in [0, 0.05) is 18.7 Å². The van der Waals surface area contributed by atoms with Crippen molar-refractivity contribution in [3.8, 4) is 0 Å². The fraction of sp³-hybridized carbons (Fsp3) is 1.00. The SMILES string of the molecule is CC(C)(C)NC[C@H](O)COCCC12CC3CC(CC(C3)C1)C2. The van der Waals surface area contributed by atoms with Gasteiger partial charge in [-0.3, -0.25) is 0 Å². The van der Waals surface area contributed by atoms with Crippen LogP contribution in [0, 0.1) is 23.2 Å². The third kappa shape index (κ3) is 4.24. The number of hydrogen-bond donors (Lipinski definition) is 2. The zero-order valence-electron chi connectivity index (χ0n) is 14.7. The Hall–Kier alpha value is -0.120. The third-order valence-corrected chi connectivity index (χ3v) is 6.12. The van der Waals surface area contributed by atoms with Crippen LogP contribution in [0.15, 0.2) is 0 Å². The second-order valence-electron chi connectivity index (χ2n) is 9.53. The molecule has 128 valence electrons. The first-order valence-corrected chi connectivity index (χ1v) is 9.34. The van der Waals surface area contributed by atoms with Gasteiger partial charge >= 0.3 is 0 Å². The van der Waals surface area contributed by atoms with E-state index in [1.165, 1.54) is 44.9 Å². The molecule has 3 nitrogen and oxygen atoms in total. The van der Waals surface area contributed by atoms with Gasteiger partial charge in [-0.25, -0.2) is 0 Å². The maximum Gasteiger partial charge on any atom is 0.0897 e. The zero-order valence-corrected chi connectivity index (χ0v) is 14.7. The van der Waals surface area contributed by atoms with E-state index in [0.717, 1.165) is 24.4 Å². The fourth-order valence-electron chi connectivity index (χ4n) is 5.59. The molecule has 3 heteroatoms. The van der Waals surface area contributed by atoms with Crippen LogP contribution in [0.1, 0.15) is 65.7 Å². The summed E-state index contributed by atoms with van der Waals surface area (Å²) in [6, 6.07) is 0. The van der Waals surface area contributed by atoms with Gasteiger partial charge in [0.2, 0.25) is 0 Å². The average molecular weight is 309 g/mol. The van der Waals surface area contributed by atoms with E-state index in [-0.39, 0.29) is 5.54 Å². The molecule has 2 N–H and O–H groups in total. The van der Waals surface area contributed by atoms with Crippen LogP contribution in [0.5, 0.6) is 0 Å². The van der Waals surface area contributed by atoms with Gasteiger partial charge in [-0.2, -0.15) is 0 Å². The van der Waals surface area contributed by atoms with Crippen molar-refractivity contribution >= 4 is 0 Å². The highest BCUT2D eigenvalue weighted by atomic mass is 16.5. The fourth-order valence-corrected chi connectivity index (χ4v) is 5.59. The Morgan fingerprint density at radius 1 is 1.09 bits per heavy atom. The summed E-state index contributed by atoms with van der Waals surface area (Å²) in [5.41, 5.74) is 0.656. The normalized spacial score (nSPS) is 38.5. The predicted octanol–water partition coefficient (Wildman–Crippen LogP) is 3.36. The van der Waals surface area contributed by atoms with Crippen LogP contribution in [0.25, 0.3) is 0 Å². The molecule has 0 radical (unpaired) electrons. The van der Waals surface area contributed by atoms with Gasteiger partial charge in [-0.05, 0) is 88.9 Å². The van der Waals surface area contributed by atoms with Crippen LogP contribution in [-0.4, -0.2) is 36.5 Å². The lowest BCUT2D eigenvalue weighted by molar-refractivity contribution is -0.0731. The second-order valence-corrected chi connectivity index (χ2v) is 9.53. The Morgan fingerprint density at radius 2 is 1.64 bits per heavy atom. The van der Waals surface area contributed by atoms with Crippen molar-refractivity contribution in [2.24, 2.45) is 23.2 Å². The molecule has 4 bridgehead atoms. The van der Waals surface area contributed by atoms with E-state index in [2.05, 4.69) is 26.1 Å². The summed E-state index contributed by atoms with van der Waals surface area (Å²) in [5.74, 6) is 3.06. The Morgan fingerprint density at radius 3 is 2.14 bits per heavy atom. The molecule has 0 aliphatic heterocycles. The highest BCUT2D eigenvalue weighted by Gasteiger charge is 2.50. The molecule has 4 aliphatic rings. The van der Waals surface area contributed by atoms with Crippen molar-refractivity contribution in [1.82, 2.24) is 5.32 Å². The number of nitrogens with one attached hydrogen (secondary N) is 1. The predicted molar refractivity (Wildman–Crippen MR) is 89.8 cm³/mol. The maximum atomic E-state index is 9.99. The van der Waals surface area contributed by atoms with E-state index in [4.69, 9.17) is 4.74 Å². The smallest absolute Gasteiger partial charge is 0.0897 e. The average Bonchev–Trinajstić information content (AvgIpc) is 2.39. The van der Waals surface area contributed by atoms with Gasteiger partial charge in [-0.1, -0.05) is 0 Å². The third-order valence-electron chi connectivity index (χ3n) is 6.12. The molecule has 0 aromatic carbocycles. The maximum absolute atomic E-state index is 9.99. The summed E-state index contributed by atoms with van der Waals surface area (Å²) in [6.45, 7) is 8.27. The summed E-state index contributed by atoms with van der Waals surface area (Å²) in [4.78, 5) is 0. The summed E-state index contributed by atoms with van der Waals surface area (Å²) in [6.07, 6.45) is 9.72. The highest BCUT2D eigenvalue weighted by Crippen LogP contribution is 2.61. The van der Waals surface area contributed by atoms with Crippen LogP contribution >= 0.6 is 0 Å². The first kappa shape index (κ1) is 16.7. The van der Waals surface area contributed by atoms with Crippen LogP contribution in [0.2, 0.25) is 0 Å². The van der Waals surface area contributed by atoms with Crippen molar-refractivity contribution in [2.75, 3.05) is 19.8 Å². The van der Waals surface area contributed by atoms with Crippen LogP contribution in [-0.2, 0) is 4.74 Å². The molecule has 0 heterocycles. The molecule has 4 saturated carbocycles. The molecule has 4 fully saturated rings. The largest absolute Gasteiger partial charge is 0.389 e. The molecule has 0 spiro atoms. The van der Waals surface area contributed by atoms with Crippen LogP contribution in [0.3, 0.4) is 0 Å². The molecule has 0 unspecified atom stereocenters. The monoisotopic (exact) mass is 309 g/mol. The van der Waals surface area contributed by atoms with Crippen molar-refractivity contribution in [1.29, 1.82) is 0 Å². The van der Waals surface area contributed by atoms with Gasteiger partial charge in [0.15, 0.2) is 0 Å². The van der Waals surface area contributed by atoms with Gasteiger partial charge in [0.05, 0.1) is 12.7 Å². The summed E-state index contributed by atoms with van der Waals surface area (Å²) in [7, 11) is 0. The molecule has 0 saturated heterocycles. The van der Waals surface area contributed by atoms with E-state index < -0.39 is 6.10 Å². The number of rotatable bonds is 7. The number of β-amino-alcohol motifs (C(OH)–C–C–N with tert-alkyl or cyclic N) is 1. The highest BCUT2D eigenvalue weighted by molar-refractivity contribution is 5.01. The van der Waals surface area contributed by atoms with E-state index in [0.29, 0.717) is 18.6 Å². The standard InChI is InChI=1S/C19H35NO2/c1-18(2,3)20-12-17(21)13-22-5-4-19-9-14-6-15(10-19)8-16(7-14)11-19/h14-17,20-21H,4-13H2,1-3H3/t14?,15?,16?,17-,19?/m0/s1. The second kappa shape index (κ2) is 6.41. The van der Waals surface area contributed by atoms with Gasteiger partial charge < -0.3 is 15.2 Å². The Bertz CT molecular complexity index is 339. The van der Waals surface area contributed by atoms with E-state index in [9.17, 15) is 5.11 Å². The molecular weight excluding hydrogens is 274 g/mol. The molecule has 1 atom stereocenters. The van der Waals surface area contributed by atoms with Crippen molar-refractivity contribution in [3.05, 3.63) is 0 Å². The quantitative estimate of drug-likeness (QED) is 0.709. The van der Waals surface area contributed by atoms with Crippen LogP contribution in [0.4, 0.5) is 0 Å². The van der Waals surface area contributed by atoms with E-state index >= 15 is 0 Å². The molecule has 22 heavy (non-hydrogen) atoms. The minimum Gasteiger partial charge on any atom is -0.389 e. The molecular formula is C19H35NO2. The molecule has 0 aromatic rings. The number of hydrogen-bond acceptors (Lipinski definition) is 3. The van der Waals surface area contributed by atoms with Gasteiger partial charge in [-0.15, -0.1) is 0 Å². The lowest BCUT2D eigenvalue weighted by atomic mass is 9.49. The number of aliphatic hydroxyl groups excluding tert-OH is 1. The van der Waals surface area contributed by atoms with E-state index in [1.54, 1.807) is 0 Å². The number of aliphatic hydroxyl groups is 1. The Labute approximate surface area is 136 Å². The minimum absolute atomic E-state index is 0.0557. The number of ether oxygens (including phenoxy) is 1. The zero-order chi connectivity index (χ0) is 15.8. The first-order valence-electron chi connectivity index (χ1n) is 9.34. The van der Waals surface area contributed by atoms with Crippen molar-refractivity contribution < 1.29 is 9.84 Å². The Kier molecular flexibility index (Phi) is 4.87. The van der Waals surface area contributed by atoms with Crippen LogP contribution < -0.4 is 5.32 Å². The first-order chi connectivity index (χ1) is 10.3. The Balaban J connectivity index is 1.35. The van der Waals surface area contributed by atoms with E-state index in [1.807, 2.05) is 0 Å². The molecule has 0 amide bonds. The summed E-state index contributed by atoms with van der Waals surface area (Å²) >= 11 is 0.